The van der Waals surface area contributed by atoms with E-state index in [1.165, 1.54) is 6.20 Å². The van der Waals surface area contributed by atoms with Crippen LogP contribution in [0.25, 0.3) is 22.2 Å². The highest BCUT2D eigenvalue weighted by molar-refractivity contribution is 5.93. The third-order valence-electron chi connectivity index (χ3n) is 10.5. The molecule has 0 unspecified atom stereocenters. The molecule has 9 heteroatoms. The highest BCUT2D eigenvalue weighted by Gasteiger charge is 2.39. The third kappa shape index (κ3) is 8.26. The summed E-state index contributed by atoms with van der Waals surface area (Å²) in [5, 5.41) is 23.9. The van der Waals surface area contributed by atoms with Crippen LogP contribution in [0.2, 0.25) is 0 Å². The highest BCUT2D eigenvalue weighted by atomic mass is 16.7. The molecule has 1 fully saturated rings. The van der Waals surface area contributed by atoms with Gasteiger partial charge in [0.2, 0.25) is 0 Å². The second-order valence-electron chi connectivity index (χ2n) is 14.1. The Morgan fingerprint density at radius 3 is 2.24 bits per heavy atom. The molecule has 1 aliphatic rings. The lowest BCUT2D eigenvalue weighted by Crippen LogP contribution is -2.46. The van der Waals surface area contributed by atoms with Crippen LogP contribution in [0.3, 0.4) is 0 Å². The number of aromatic nitrogens is 2. The monoisotopic (exact) mass is 722 g/mol. The van der Waals surface area contributed by atoms with Crippen LogP contribution in [0, 0.1) is 5.92 Å². The largest absolute Gasteiger partial charge is 0.392 e. The average Bonchev–Trinajstić information content (AvgIpc) is 3.23. The molecule has 0 bridgehead atoms. The molecule has 1 aliphatic heterocycles. The number of aliphatic hydroxyl groups is 2. The third-order valence-corrected chi connectivity index (χ3v) is 10.5. The summed E-state index contributed by atoms with van der Waals surface area (Å²) in [4.78, 5) is 24.1. The van der Waals surface area contributed by atoms with Crippen molar-refractivity contribution in [3.05, 3.63) is 167 Å². The van der Waals surface area contributed by atoms with E-state index in [1.807, 2.05) is 129 Å². The van der Waals surface area contributed by atoms with E-state index in [4.69, 9.17) is 9.47 Å². The van der Waals surface area contributed by atoms with Crippen molar-refractivity contribution in [2.75, 3.05) is 13.6 Å². The molecule has 0 saturated carbocycles. The molecule has 0 aliphatic carbocycles. The zero-order valence-electron chi connectivity index (χ0n) is 30.7. The number of nitrogens with zero attached hydrogens (tertiary/aromatic N) is 3. The second-order valence-corrected chi connectivity index (χ2v) is 14.1. The zero-order chi connectivity index (χ0) is 37.6. The van der Waals surface area contributed by atoms with Crippen molar-refractivity contribution < 1.29 is 24.5 Å². The summed E-state index contributed by atoms with van der Waals surface area (Å²) in [6.45, 7) is 5.05. The lowest BCUT2D eigenvalue weighted by Gasteiger charge is -2.43. The molecular formula is C45H46N4O5. The summed E-state index contributed by atoms with van der Waals surface area (Å²) in [5.74, 6) is -0.296. The quantitative estimate of drug-likeness (QED) is 0.119. The molecule has 3 N–H and O–H groups in total. The molecule has 54 heavy (non-hydrogen) atoms. The number of amides is 1. The van der Waals surface area contributed by atoms with Gasteiger partial charge in [-0.25, -0.2) is 4.98 Å². The maximum Gasteiger partial charge on any atom is 0.271 e. The van der Waals surface area contributed by atoms with E-state index in [1.54, 1.807) is 0 Å². The molecule has 1 saturated heterocycles. The van der Waals surface area contributed by atoms with Gasteiger partial charge >= 0.3 is 0 Å². The number of benzene rings is 5. The molecule has 9 nitrogen and oxygen atoms in total. The van der Waals surface area contributed by atoms with E-state index in [2.05, 4.69) is 39.2 Å². The first-order valence-corrected chi connectivity index (χ1v) is 18.4. The van der Waals surface area contributed by atoms with E-state index >= 15 is 0 Å². The Balaban J connectivity index is 1.09. The number of nitrogens with one attached hydrogen (secondary N) is 1. The summed E-state index contributed by atoms with van der Waals surface area (Å²) < 4.78 is 13.5. The van der Waals surface area contributed by atoms with Crippen LogP contribution in [0.5, 0.6) is 0 Å². The minimum atomic E-state index is -0.653. The normalized spacial score (nSPS) is 19.7. The van der Waals surface area contributed by atoms with Crippen molar-refractivity contribution in [3.63, 3.8) is 0 Å². The molecule has 1 aromatic heterocycles. The lowest BCUT2D eigenvalue weighted by molar-refractivity contribution is -0.276. The van der Waals surface area contributed by atoms with Crippen molar-refractivity contribution >= 4 is 16.9 Å². The maximum absolute atomic E-state index is 13.1. The Labute approximate surface area is 316 Å². The molecule has 6 atom stereocenters. The Hall–Kier alpha value is -5.29. The number of ether oxygens (including phenoxy) is 2. The van der Waals surface area contributed by atoms with Gasteiger partial charge in [0.15, 0.2) is 6.29 Å². The SMILES string of the molecule is C[C@H]1[C@@H](CN(C)[C@@H](C)[C@H](O)c2ccccc2)O[C@@H](c2ccc(-c3ccccc3CNC(=O)c3cnc4ccccc4n3)cc2)O[C@H]1c1ccc(CO)cc1. The van der Waals surface area contributed by atoms with Crippen LogP contribution < -0.4 is 5.32 Å². The first kappa shape index (κ1) is 37.0. The molecule has 276 valence electrons. The summed E-state index contributed by atoms with van der Waals surface area (Å²) >= 11 is 0. The van der Waals surface area contributed by atoms with Crippen molar-refractivity contribution in [3.8, 4) is 11.1 Å². The maximum atomic E-state index is 13.1. The van der Waals surface area contributed by atoms with E-state index in [9.17, 15) is 15.0 Å². The number of carbonyl (C=O) groups is 1. The van der Waals surface area contributed by atoms with Crippen molar-refractivity contribution in [1.82, 2.24) is 20.2 Å². The number of fused-ring (bicyclic) bond motifs is 1. The highest BCUT2D eigenvalue weighted by Crippen LogP contribution is 2.42. The van der Waals surface area contributed by atoms with Crippen LogP contribution in [0.15, 0.2) is 134 Å². The Morgan fingerprint density at radius 2 is 1.50 bits per heavy atom. The summed E-state index contributed by atoms with van der Waals surface area (Å²) in [5.41, 5.74) is 8.26. The van der Waals surface area contributed by atoms with E-state index < -0.39 is 12.4 Å². The number of hydrogen-bond donors (Lipinski definition) is 3. The zero-order valence-corrected chi connectivity index (χ0v) is 30.7. The number of likely N-dealkylation sites (N-methyl/N-ethyl adjacent to an activating group) is 1. The number of hydrogen-bond acceptors (Lipinski definition) is 8. The van der Waals surface area contributed by atoms with Gasteiger partial charge in [-0.15, -0.1) is 0 Å². The minimum absolute atomic E-state index is 0.00769. The van der Waals surface area contributed by atoms with E-state index in [0.29, 0.717) is 18.6 Å². The molecule has 6 aromatic rings. The Kier molecular flexibility index (Phi) is 11.5. The Bertz CT molecular complexity index is 2160. The van der Waals surface area contributed by atoms with Crippen molar-refractivity contribution in [1.29, 1.82) is 0 Å². The summed E-state index contributed by atoms with van der Waals surface area (Å²) in [6, 6.07) is 41.1. The minimum Gasteiger partial charge on any atom is -0.392 e. The summed E-state index contributed by atoms with van der Waals surface area (Å²) in [7, 11) is 2.02. The summed E-state index contributed by atoms with van der Waals surface area (Å²) in [6.07, 6.45) is -0.258. The van der Waals surface area contributed by atoms with Crippen LogP contribution >= 0.6 is 0 Å². The van der Waals surface area contributed by atoms with E-state index in [0.717, 1.165) is 44.5 Å². The number of aliphatic hydroxyl groups excluding tert-OH is 2. The molecule has 0 spiro atoms. The first-order valence-electron chi connectivity index (χ1n) is 18.4. The first-order chi connectivity index (χ1) is 26.3. The number of para-hydroxylation sites is 2. The molecule has 5 aromatic carbocycles. The Morgan fingerprint density at radius 1 is 0.833 bits per heavy atom. The van der Waals surface area contributed by atoms with Gasteiger partial charge in [0.05, 0.1) is 42.1 Å². The van der Waals surface area contributed by atoms with Crippen LogP contribution in [0.4, 0.5) is 0 Å². The molecule has 2 heterocycles. The number of rotatable bonds is 12. The molecule has 0 radical (unpaired) electrons. The smallest absolute Gasteiger partial charge is 0.271 e. The van der Waals surface area contributed by atoms with Gasteiger partial charge in [0.1, 0.15) is 5.69 Å². The lowest BCUT2D eigenvalue weighted by atomic mass is 9.89. The fourth-order valence-electron chi connectivity index (χ4n) is 7.06. The fourth-order valence-corrected chi connectivity index (χ4v) is 7.06. The average molecular weight is 723 g/mol. The molecule has 1 amide bonds. The van der Waals surface area contributed by atoms with Crippen LogP contribution in [0.1, 0.15) is 70.7 Å². The predicted molar refractivity (Wildman–Crippen MR) is 209 cm³/mol. The topological polar surface area (TPSA) is 117 Å². The van der Waals surface area contributed by atoms with Gasteiger partial charge < -0.3 is 25.0 Å². The van der Waals surface area contributed by atoms with Crippen LogP contribution in [-0.2, 0) is 22.6 Å². The van der Waals surface area contributed by atoms with Gasteiger partial charge in [-0.05, 0) is 59.5 Å². The van der Waals surface area contributed by atoms with Crippen molar-refractivity contribution in [2.45, 2.75) is 57.6 Å². The van der Waals surface area contributed by atoms with Crippen LogP contribution in [-0.4, -0.2) is 56.7 Å². The van der Waals surface area contributed by atoms with Gasteiger partial charge in [-0.3, -0.25) is 14.7 Å². The number of carbonyl (C=O) groups excluding carboxylic acids is 1. The molecule has 7 rings (SSSR count). The van der Waals surface area contributed by atoms with Crippen molar-refractivity contribution in [2.24, 2.45) is 5.92 Å². The predicted octanol–water partition coefficient (Wildman–Crippen LogP) is 7.56. The fraction of sp³-hybridized carbons (Fsp3) is 0.267. The standard InChI is InChI=1S/C45H46N4O5/c1-29-41(27-49(3)30(2)42(51)33-11-5-4-6-12-33)53-45(54-43(29)34-19-17-31(28-50)18-20-34)35-23-21-32(22-24-35)37-14-8-7-13-36(37)25-47-44(52)40-26-46-38-15-9-10-16-39(38)48-40/h4-24,26,29-30,41-43,45,50-51H,25,27-28H2,1-3H3,(H,47,52)/t29-,30-,41+,42-,43+,45+/m0/s1. The van der Waals surface area contributed by atoms with Gasteiger partial charge in [0, 0.05) is 30.6 Å². The second kappa shape index (κ2) is 16.8. The van der Waals surface area contributed by atoms with Gasteiger partial charge in [0.25, 0.3) is 5.91 Å². The molecular weight excluding hydrogens is 677 g/mol. The van der Waals surface area contributed by atoms with E-state index in [-0.39, 0.29) is 42.4 Å². The van der Waals surface area contributed by atoms with Gasteiger partial charge in [-0.1, -0.05) is 122 Å². The van der Waals surface area contributed by atoms with Gasteiger partial charge in [-0.2, -0.15) is 0 Å².